The van der Waals surface area contributed by atoms with Crippen molar-refractivity contribution in [3.8, 4) is 5.75 Å². The zero-order valence-corrected chi connectivity index (χ0v) is 12.9. The van der Waals surface area contributed by atoms with Crippen LogP contribution in [-0.2, 0) is 14.8 Å². The van der Waals surface area contributed by atoms with Gasteiger partial charge in [-0.2, -0.15) is 4.31 Å². The molecule has 7 heteroatoms. The maximum absolute atomic E-state index is 12.5. The van der Waals surface area contributed by atoms with E-state index < -0.39 is 21.4 Å². The lowest BCUT2D eigenvalue weighted by Gasteiger charge is -2.20. The van der Waals surface area contributed by atoms with Crippen LogP contribution in [0.1, 0.15) is 20.3 Å². The van der Waals surface area contributed by atoms with Crippen LogP contribution in [0.25, 0.3) is 0 Å². The molecule has 2 rings (SSSR count). The van der Waals surface area contributed by atoms with Crippen molar-refractivity contribution < 1.29 is 23.1 Å². The fourth-order valence-corrected chi connectivity index (χ4v) is 3.89. The zero-order valence-electron chi connectivity index (χ0n) is 12.1. The van der Waals surface area contributed by atoms with Gasteiger partial charge in [-0.25, -0.2) is 8.42 Å². The Labute approximate surface area is 124 Å². The molecule has 1 fully saturated rings. The van der Waals surface area contributed by atoms with Crippen LogP contribution in [0.2, 0.25) is 0 Å². The van der Waals surface area contributed by atoms with Crippen molar-refractivity contribution in [2.45, 2.75) is 25.2 Å². The van der Waals surface area contributed by atoms with Gasteiger partial charge in [0, 0.05) is 13.1 Å². The van der Waals surface area contributed by atoms with E-state index in [1.54, 1.807) is 19.1 Å². The summed E-state index contributed by atoms with van der Waals surface area (Å²) >= 11 is 0. The lowest BCUT2D eigenvalue weighted by molar-refractivity contribution is -0.146. The molecule has 0 amide bonds. The molecule has 6 nitrogen and oxygen atoms in total. The van der Waals surface area contributed by atoms with Crippen LogP contribution in [0, 0.1) is 5.41 Å². The normalized spacial score (nSPS) is 23.1. The molecule has 0 bridgehead atoms. The van der Waals surface area contributed by atoms with Crippen LogP contribution < -0.4 is 4.74 Å². The van der Waals surface area contributed by atoms with Crippen LogP contribution >= 0.6 is 0 Å². The summed E-state index contributed by atoms with van der Waals surface area (Å²) in [6.45, 7) is 4.15. The molecule has 0 radical (unpaired) electrons. The molecular weight excluding hydrogens is 294 g/mol. The van der Waals surface area contributed by atoms with Gasteiger partial charge in [0.15, 0.2) is 0 Å². The summed E-state index contributed by atoms with van der Waals surface area (Å²) < 4.78 is 31.5. The molecule has 0 aliphatic carbocycles. The molecule has 116 valence electrons. The van der Waals surface area contributed by atoms with Crippen LogP contribution in [0.15, 0.2) is 29.2 Å². The fraction of sp³-hybridized carbons (Fsp3) is 0.500. The number of rotatable bonds is 5. The standard InChI is InChI=1S/C14H19NO5S/c1-3-20-11-4-6-12(7-5-11)21(18,19)15-9-8-14(2,10-15)13(16)17/h4-7H,3,8-10H2,1-2H3,(H,16,17). The summed E-state index contributed by atoms with van der Waals surface area (Å²) in [4.78, 5) is 11.4. The van der Waals surface area contributed by atoms with Gasteiger partial charge in [-0.15, -0.1) is 0 Å². The van der Waals surface area contributed by atoms with Crippen molar-refractivity contribution >= 4 is 16.0 Å². The number of carbonyl (C=O) groups is 1. The van der Waals surface area contributed by atoms with Gasteiger partial charge in [0.25, 0.3) is 0 Å². The number of aliphatic carboxylic acids is 1. The molecule has 1 aliphatic rings. The molecule has 0 aromatic heterocycles. The molecule has 1 aromatic rings. The Bertz CT molecular complexity index is 625. The molecule has 0 saturated carbocycles. The summed E-state index contributed by atoms with van der Waals surface area (Å²) in [7, 11) is -3.66. The van der Waals surface area contributed by atoms with Crippen LogP contribution in [0.4, 0.5) is 0 Å². The number of hydrogen-bond acceptors (Lipinski definition) is 4. The van der Waals surface area contributed by atoms with Gasteiger partial charge in [-0.05, 0) is 44.5 Å². The lowest BCUT2D eigenvalue weighted by atomic mass is 9.90. The summed E-state index contributed by atoms with van der Waals surface area (Å²) in [5.74, 6) is -0.361. The zero-order chi connectivity index (χ0) is 15.7. The highest BCUT2D eigenvalue weighted by Crippen LogP contribution is 2.33. The SMILES string of the molecule is CCOc1ccc(S(=O)(=O)N2CCC(C)(C(=O)O)C2)cc1. The topological polar surface area (TPSA) is 83.9 Å². The maximum atomic E-state index is 12.5. The summed E-state index contributed by atoms with van der Waals surface area (Å²) in [6.07, 6.45) is 0.318. The monoisotopic (exact) mass is 313 g/mol. The van der Waals surface area contributed by atoms with Gasteiger partial charge in [0.2, 0.25) is 10.0 Å². The molecule has 1 atom stereocenters. The van der Waals surface area contributed by atoms with Gasteiger partial charge in [-0.1, -0.05) is 0 Å². The number of carboxylic acids is 1. The predicted molar refractivity (Wildman–Crippen MR) is 76.7 cm³/mol. The summed E-state index contributed by atoms with van der Waals surface area (Å²) in [5.41, 5.74) is -1.02. The second kappa shape index (κ2) is 5.65. The van der Waals surface area contributed by atoms with E-state index in [2.05, 4.69) is 0 Å². The van der Waals surface area contributed by atoms with Crippen molar-refractivity contribution in [2.24, 2.45) is 5.41 Å². The predicted octanol–water partition coefficient (Wildman–Crippen LogP) is 1.57. The Morgan fingerprint density at radius 3 is 2.48 bits per heavy atom. The minimum atomic E-state index is -3.66. The Morgan fingerprint density at radius 1 is 1.38 bits per heavy atom. The smallest absolute Gasteiger partial charge is 0.310 e. The molecular formula is C14H19NO5S. The quantitative estimate of drug-likeness (QED) is 0.892. The first-order valence-corrected chi connectivity index (χ1v) is 8.20. The summed E-state index contributed by atoms with van der Waals surface area (Å²) in [6, 6.07) is 6.17. The highest BCUT2D eigenvalue weighted by molar-refractivity contribution is 7.89. The second-order valence-corrected chi connectivity index (χ2v) is 7.30. The number of benzene rings is 1. The van der Waals surface area contributed by atoms with Gasteiger partial charge < -0.3 is 9.84 Å². The average Bonchev–Trinajstić information content (AvgIpc) is 2.85. The van der Waals surface area contributed by atoms with Crippen molar-refractivity contribution in [1.29, 1.82) is 0 Å². The average molecular weight is 313 g/mol. The first kappa shape index (κ1) is 15.8. The third kappa shape index (κ3) is 3.03. The first-order valence-electron chi connectivity index (χ1n) is 6.76. The molecule has 1 saturated heterocycles. The van der Waals surface area contributed by atoms with E-state index in [4.69, 9.17) is 4.74 Å². The minimum Gasteiger partial charge on any atom is -0.494 e. The molecule has 1 aliphatic heterocycles. The second-order valence-electron chi connectivity index (χ2n) is 5.36. The summed E-state index contributed by atoms with van der Waals surface area (Å²) in [5, 5.41) is 9.18. The molecule has 0 spiro atoms. The molecule has 21 heavy (non-hydrogen) atoms. The third-order valence-electron chi connectivity index (χ3n) is 3.73. The van der Waals surface area contributed by atoms with Gasteiger partial charge in [0.05, 0.1) is 16.9 Å². The number of sulfonamides is 1. The highest BCUT2D eigenvalue weighted by Gasteiger charge is 2.44. The first-order chi connectivity index (χ1) is 9.79. The van der Waals surface area contributed by atoms with E-state index in [0.717, 1.165) is 0 Å². The maximum Gasteiger partial charge on any atom is 0.310 e. The van der Waals surface area contributed by atoms with E-state index in [1.807, 2.05) is 6.92 Å². The van der Waals surface area contributed by atoms with Crippen molar-refractivity contribution in [3.63, 3.8) is 0 Å². The van der Waals surface area contributed by atoms with E-state index in [1.165, 1.54) is 16.4 Å². The van der Waals surface area contributed by atoms with Crippen molar-refractivity contribution in [1.82, 2.24) is 4.31 Å². The van der Waals surface area contributed by atoms with Crippen LogP contribution in [0.5, 0.6) is 5.75 Å². The van der Waals surface area contributed by atoms with E-state index in [9.17, 15) is 18.3 Å². The third-order valence-corrected chi connectivity index (χ3v) is 5.59. The number of hydrogen-bond donors (Lipinski definition) is 1. The molecule has 1 aromatic carbocycles. The van der Waals surface area contributed by atoms with Crippen molar-refractivity contribution in [2.75, 3.05) is 19.7 Å². The van der Waals surface area contributed by atoms with Gasteiger partial charge in [-0.3, -0.25) is 4.79 Å². The lowest BCUT2D eigenvalue weighted by Crippen LogP contribution is -2.34. The minimum absolute atomic E-state index is 0.00211. The van der Waals surface area contributed by atoms with Gasteiger partial charge >= 0.3 is 5.97 Å². The Balaban J connectivity index is 2.21. The molecule has 1 N–H and O–H groups in total. The number of carboxylic acid groups (broad SMARTS) is 1. The van der Waals surface area contributed by atoms with E-state index in [-0.39, 0.29) is 18.0 Å². The van der Waals surface area contributed by atoms with Crippen LogP contribution in [-0.4, -0.2) is 43.5 Å². The van der Waals surface area contributed by atoms with Crippen molar-refractivity contribution in [3.05, 3.63) is 24.3 Å². The van der Waals surface area contributed by atoms with E-state index >= 15 is 0 Å². The largest absolute Gasteiger partial charge is 0.494 e. The molecule has 1 heterocycles. The van der Waals surface area contributed by atoms with Gasteiger partial charge in [0.1, 0.15) is 5.75 Å². The number of nitrogens with zero attached hydrogens (tertiary/aromatic N) is 1. The Hall–Kier alpha value is -1.60. The fourth-order valence-electron chi connectivity index (χ4n) is 2.32. The highest BCUT2D eigenvalue weighted by atomic mass is 32.2. The van der Waals surface area contributed by atoms with E-state index in [0.29, 0.717) is 18.8 Å². The molecule has 1 unspecified atom stereocenters. The number of ether oxygens (including phenoxy) is 1. The Kier molecular flexibility index (Phi) is 4.25. The Morgan fingerprint density at radius 2 is 2.00 bits per heavy atom. The van der Waals surface area contributed by atoms with Crippen LogP contribution in [0.3, 0.4) is 0 Å².